The van der Waals surface area contributed by atoms with E-state index in [1.807, 2.05) is 12.1 Å². The predicted molar refractivity (Wildman–Crippen MR) is 103 cm³/mol. The summed E-state index contributed by atoms with van der Waals surface area (Å²) in [6.45, 7) is 0. The van der Waals surface area contributed by atoms with Gasteiger partial charge >= 0.3 is 5.97 Å². The molecule has 0 aliphatic heterocycles. The van der Waals surface area contributed by atoms with Crippen molar-refractivity contribution in [1.29, 1.82) is 0 Å². The summed E-state index contributed by atoms with van der Waals surface area (Å²) in [5.41, 5.74) is 2.31. The number of carboxylic acid groups (broad SMARTS) is 1. The van der Waals surface area contributed by atoms with Gasteiger partial charge in [0.05, 0.1) is 21.2 Å². The molecule has 0 bridgehead atoms. The van der Waals surface area contributed by atoms with Crippen molar-refractivity contribution in [1.82, 2.24) is 4.98 Å². The minimum atomic E-state index is -0.921. The van der Waals surface area contributed by atoms with Gasteiger partial charge in [-0.05, 0) is 29.8 Å². The highest BCUT2D eigenvalue weighted by atomic mass is 35.5. The number of nitro benzene ring substituents is 1. The van der Waals surface area contributed by atoms with Crippen LogP contribution in [0.1, 0.15) is 0 Å². The highest BCUT2D eigenvalue weighted by molar-refractivity contribution is 8.01. The molecule has 26 heavy (non-hydrogen) atoms. The molecule has 0 amide bonds. The van der Waals surface area contributed by atoms with Gasteiger partial charge in [0, 0.05) is 22.7 Å². The van der Waals surface area contributed by atoms with Crippen molar-refractivity contribution in [3.05, 3.63) is 63.7 Å². The van der Waals surface area contributed by atoms with Crippen LogP contribution in [0.2, 0.25) is 5.02 Å². The van der Waals surface area contributed by atoms with Gasteiger partial charge in [0.15, 0.2) is 4.34 Å². The fourth-order valence-corrected chi connectivity index (χ4v) is 4.24. The normalized spacial score (nSPS) is 10.7. The average Bonchev–Trinajstić information content (AvgIpc) is 3.05. The standard InChI is InChI=1S/C17H11ClN2O4S2/c18-12-5-1-10(2-6-12)15-16(26-17(19-15)25-9-14(21)22)11-3-7-13(8-4-11)20(23)24/h1-8H,9H2,(H,21,22). The second kappa shape index (κ2) is 7.86. The van der Waals surface area contributed by atoms with Crippen molar-refractivity contribution < 1.29 is 14.8 Å². The van der Waals surface area contributed by atoms with E-state index in [1.165, 1.54) is 23.5 Å². The highest BCUT2D eigenvalue weighted by Gasteiger charge is 2.17. The summed E-state index contributed by atoms with van der Waals surface area (Å²) in [4.78, 5) is 26.6. The minimum absolute atomic E-state index is 0.00628. The number of carbonyl (C=O) groups is 1. The van der Waals surface area contributed by atoms with Crippen LogP contribution in [0.5, 0.6) is 0 Å². The number of hydrogen-bond donors (Lipinski definition) is 1. The van der Waals surface area contributed by atoms with Gasteiger partial charge in [-0.15, -0.1) is 11.3 Å². The van der Waals surface area contributed by atoms with Crippen molar-refractivity contribution in [2.24, 2.45) is 0 Å². The first-order valence-corrected chi connectivity index (χ1v) is 9.48. The number of halogens is 1. The zero-order valence-corrected chi connectivity index (χ0v) is 15.5. The molecule has 1 heterocycles. The smallest absolute Gasteiger partial charge is 0.313 e. The lowest BCUT2D eigenvalue weighted by Crippen LogP contribution is -1.96. The summed E-state index contributed by atoms with van der Waals surface area (Å²) in [6.07, 6.45) is 0. The Morgan fingerprint density at radius 2 is 1.77 bits per heavy atom. The minimum Gasteiger partial charge on any atom is -0.481 e. The number of aromatic nitrogens is 1. The van der Waals surface area contributed by atoms with E-state index in [-0.39, 0.29) is 11.4 Å². The summed E-state index contributed by atoms with van der Waals surface area (Å²) in [6, 6.07) is 13.4. The van der Waals surface area contributed by atoms with E-state index < -0.39 is 10.9 Å². The van der Waals surface area contributed by atoms with Crippen molar-refractivity contribution in [3.8, 4) is 21.7 Å². The average molecular weight is 407 g/mol. The Bertz CT molecular complexity index is 956. The van der Waals surface area contributed by atoms with Gasteiger partial charge in [0.1, 0.15) is 0 Å². The van der Waals surface area contributed by atoms with Gasteiger partial charge in [-0.2, -0.15) is 0 Å². The lowest BCUT2D eigenvalue weighted by Gasteiger charge is -2.03. The molecule has 3 aromatic rings. The zero-order chi connectivity index (χ0) is 18.7. The maximum absolute atomic E-state index is 10.8. The van der Waals surface area contributed by atoms with Crippen molar-refractivity contribution in [2.45, 2.75) is 4.34 Å². The molecule has 0 aliphatic carbocycles. The van der Waals surface area contributed by atoms with Crippen LogP contribution in [0, 0.1) is 10.1 Å². The fourth-order valence-electron chi connectivity index (χ4n) is 2.22. The molecule has 0 atom stereocenters. The van der Waals surface area contributed by atoms with Gasteiger partial charge in [0.25, 0.3) is 5.69 Å². The van der Waals surface area contributed by atoms with E-state index in [0.29, 0.717) is 15.1 Å². The molecule has 6 nitrogen and oxygen atoms in total. The molecule has 132 valence electrons. The summed E-state index contributed by atoms with van der Waals surface area (Å²) >= 11 is 8.43. The monoisotopic (exact) mass is 406 g/mol. The Morgan fingerprint density at radius 1 is 1.15 bits per heavy atom. The van der Waals surface area contributed by atoms with Crippen molar-refractivity contribution in [2.75, 3.05) is 5.75 Å². The molecule has 0 saturated heterocycles. The summed E-state index contributed by atoms with van der Waals surface area (Å²) in [5.74, 6) is -1.01. The third kappa shape index (κ3) is 4.21. The number of carboxylic acids is 1. The first kappa shape index (κ1) is 18.4. The van der Waals surface area contributed by atoms with E-state index in [1.54, 1.807) is 24.3 Å². The Hall–Kier alpha value is -2.42. The van der Waals surface area contributed by atoms with Gasteiger partial charge in [-0.1, -0.05) is 35.5 Å². The number of nitrogens with zero attached hydrogens (tertiary/aromatic N) is 2. The molecule has 2 aromatic carbocycles. The molecule has 3 rings (SSSR count). The van der Waals surface area contributed by atoms with Gasteiger partial charge in [-0.3, -0.25) is 14.9 Å². The van der Waals surface area contributed by atoms with E-state index in [9.17, 15) is 14.9 Å². The topological polar surface area (TPSA) is 93.3 Å². The van der Waals surface area contributed by atoms with Crippen LogP contribution < -0.4 is 0 Å². The van der Waals surface area contributed by atoms with Crippen LogP contribution in [0.25, 0.3) is 21.7 Å². The molecule has 0 unspecified atom stereocenters. The first-order chi connectivity index (χ1) is 12.4. The van der Waals surface area contributed by atoms with Crippen molar-refractivity contribution >= 4 is 46.4 Å². The fraction of sp³-hybridized carbons (Fsp3) is 0.0588. The molecule has 1 aromatic heterocycles. The van der Waals surface area contributed by atoms with Gasteiger partial charge < -0.3 is 5.11 Å². The number of thioether (sulfide) groups is 1. The molecule has 0 radical (unpaired) electrons. The summed E-state index contributed by atoms with van der Waals surface area (Å²) in [7, 11) is 0. The Balaban J connectivity index is 2.04. The molecule has 0 fully saturated rings. The lowest BCUT2D eigenvalue weighted by molar-refractivity contribution is -0.384. The Kier molecular flexibility index (Phi) is 5.55. The molecule has 0 spiro atoms. The highest BCUT2D eigenvalue weighted by Crippen LogP contribution is 2.40. The van der Waals surface area contributed by atoms with Crippen LogP contribution in [-0.2, 0) is 4.79 Å². The number of non-ortho nitro benzene ring substituents is 1. The molecule has 0 aliphatic rings. The van der Waals surface area contributed by atoms with Crippen LogP contribution >= 0.6 is 34.7 Å². The van der Waals surface area contributed by atoms with Crippen molar-refractivity contribution in [3.63, 3.8) is 0 Å². The maximum Gasteiger partial charge on any atom is 0.313 e. The summed E-state index contributed by atoms with van der Waals surface area (Å²) in [5, 5.41) is 20.3. The predicted octanol–water partition coefficient (Wildman–Crippen LogP) is 5.22. The first-order valence-electron chi connectivity index (χ1n) is 7.30. The maximum atomic E-state index is 10.8. The number of hydrogen-bond acceptors (Lipinski definition) is 6. The van der Waals surface area contributed by atoms with Crippen LogP contribution in [0.3, 0.4) is 0 Å². The van der Waals surface area contributed by atoms with Gasteiger partial charge in [-0.25, -0.2) is 4.98 Å². The van der Waals surface area contributed by atoms with E-state index in [4.69, 9.17) is 16.7 Å². The molecular formula is C17H11ClN2O4S2. The quantitative estimate of drug-likeness (QED) is 0.343. The zero-order valence-electron chi connectivity index (χ0n) is 13.1. The number of aliphatic carboxylic acids is 1. The molecule has 0 saturated carbocycles. The second-order valence-electron chi connectivity index (χ2n) is 5.15. The van der Waals surface area contributed by atoms with Crippen LogP contribution in [-0.4, -0.2) is 26.7 Å². The lowest BCUT2D eigenvalue weighted by atomic mass is 10.1. The molecular weight excluding hydrogens is 396 g/mol. The van der Waals surface area contributed by atoms with Crippen LogP contribution in [0.15, 0.2) is 52.9 Å². The van der Waals surface area contributed by atoms with Crippen LogP contribution in [0.4, 0.5) is 5.69 Å². The number of benzene rings is 2. The second-order valence-corrected chi connectivity index (χ2v) is 7.81. The van der Waals surface area contributed by atoms with E-state index in [2.05, 4.69) is 4.98 Å². The SMILES string of the molecule is O=C(O)CSc1nc(-c2ccc(Cl)cc2)c(-c2ccc([N+](=O)[O-])cc2)s1. The Morgan fingerprint density at radius 3 is 2.35 bits per heavy atom. The number of thiazole rings is 1. The third-order valence-corrected chi connectivity index (χ3v) is 5.87. The Labute approximate surface area is 161 Å². The molecule has 9 heteroatoms. The number of rotatable bonds is 6. The third-order valence-electron chi connectivity index (χ3n) is 3.38. The van der Waals surface area contributed by atoms with Gasteiger partial charge in [0.2, 0.25) is 0 Å². The largest absolute Gasteiger partial charge is 0.481 e. The number of nitro groups is 1. The van der Waals surface area contributed by atoms with E-state index in [0.717, 1.165) is 27.8 Å². The molecule has 1 N–H and O–H groups in total. The van der Waals surface area contributed by atoms with E-state index >= 15 is 0 Å². The summed E-state index contributed by atoms with van der Waals surface area (Å²) < 4.78 is 0.616.